The number of para-hydroxylation sites is 2. The first-order valence-corrected chi connectivity index (χ1v) is 9.08. The van der Waals surface area contributed by atoms with Gasteiger partial charge in [-0.3, -0.25) is 0 Å². The summed E-state index contributed by atoms with van der Waals surface area (Å²) in [7, 11) is 1.93. The van der Waals surface area contributed by atoms with Crippen LogP contribution in [0.25, 0.3) is 0 Å². The van der Waals surface area contributed by atoms with Crippen LogP contribution in [0.3, 0.4) is 0 Å². The van der Waals surface area contributed by atoms with Gasteiger partial charge >= 0.3 is 0 Å². The molecule has 4 rings (SSSR count). The molecule has 0 fully saturated rings. The van der Waals surface area contributed by atoms with E-state index in [0.717, 1.165) is 33.8 Å². The van der Waals surface area contributed by atoms with Crippen LogP contribution >= 0.6 is 23.4 Å². The first kappa shape index (κ1) is 16.2. The zero-order chi connectivity index (χ0) is 17.2. The Hall–Kier alpha value is -2.25. The summed E-state index contributed by atoms with van der Waals surface area (Å²) in [4.78, 5) is 3.99. The first-order valence-electron chi connectivity index (χ1n) is 7.72. The molecule has 0 aliphatic carbocycles. The molecule has 8 heteroatoms. The molecule has 128 valence electrons. The molecule has 1 aliphatic heterocycles. The van der Waals surface area contributed by atoms with Gasteiger partial charge in [-0.2, -0.15) is 0 Å². The largest absolute Gasteiger partial charge is 0.485 e. The Balaban J connectivity index is 1.48. The summed E-state index contributed by atoms with van der Waals surface area (Å²) >= 11 is 7.51. The van der Waals surface area contributed by atoms with Crippen molar-refractivity contribution in [2.24, 2.45) is 7.05 Å². The molecule has 1 unspecified atom stereocenters. The fourth-order valence-electron chi connectivity index (χ4n) is 2.56. The van der Waals surface area contributed by atoms with Crippen molar-refractivity contribution >= 4 is 23.4 Å². The Labute approximate surface area is 154 Å². The lowest BCUT2D eigenvalue weighted by Gasteiger charge is -2.25. The van der Waals surface area contributed by atoms with Gasteiger partial charge < -0.3 is 14.0 Å². The molecule has 0 saturated heterocycles. The van der Waals surface area contributed by atoms with E-state index in [1.54, 1.807) is 18.0 Å². The van der Waals surface area contributed by atoms with Crippen molar-refractivity contribution in [3.63, 3.8) is 0 Å². The molecule has 0 spiro atoms. The average molecular weight is 375 g/mol. The van der Waals surface area contributed by atoms with Gasteiger partial charge in [0.05, 0.1) is 0 Å². The van der Waals surface area contributed by atoms with Gasteiger partial charge in [0.15, 0.2) is 28.6 Å². The summed E-state index contributed by atoms with van der Waals surface area (Å²) in [6.07, 6.45) is 1.42. The second kappa shape index (κ2) is 6.93. The van der Waals surface area contributed by atoms with E-state index in [1.807, 2.05) is 48.0 Å². The van der Waals surface area contributed by atoms with Gasteiger partial charge in [0, 0.05) is 19.0 Å². The minimum absolute atomic E-state index is 0.280. The minimum atomic E-state index is -0.280. The predicted octanol–water partition coefficient (Wildman–Crippen LogP) is 3.67. The highest BCUT2D eigenvalue weighted by Gasteiger charge is 2.27. The van der Waals surface area contributed by atoms with Crippen molar-refractivity contribution in [1.82, 2.24) is 19.7 Å². The summed E-state index contributed by atoms with van der Waals surface area (Å²) in [6.45, 7) is 0.410. The van der Waals surface area contributed by atoms with Crippen molar-refractivity contribution in [3.05, 3.63) is 59.1 Å². The number of thioether (sulfide) groups is 1. The number of ether oxygens (including phenoxy) is 2. The van der Waals surface area contributed by atoms with Crippen LogP contribution in [-0.2, 0) is 12.8 Å². The maximum atomic E-state index is 6.01. The van der Waals surface area contributed by atoms with Gasteiger partial charge in [-0.05, 0) is 29.8 Å². The number of halogens is 1. The van der Waals surface area contributed by atoms with E-state index in [9.17, 15) is 0 Å². The van der Waals surface area contributed by atoms with Crippen LogP contribution in [0.1, 0.15) is 17.5 Å². The number of fused-ring (bicyclic) bond motifs is 1. The van der Waals surface area contributed by atoms with Gasteiger partial charge in [-0.15, -0.1) is 10.2 Å². The van der Waals surface area contributed by atoms with Crippen LogP contribution < -0.4 is 9.47 Å². The predicted molar refractivity (Wildman–Crippen MR) is 95.1 cm³/mol. The van der Waals surface area contributed by atoms with Crippen molar-refractivity contribution in [1.29, 1.82) is 0 Å². The van der Waals surface area contributed by atoms with E-state index in [4.69, 9.17) is 21.1 Å². The highest BCUT2D eigenvalue weighted by atomic mass is 35.5. The second-order valence-electron chi connectivity index (χ2n) is 5.54. The van der Waals surface area contributed by atoms with E-state index in [0.29, 0.717) is 11.8 Å². The highest BCUT2D eigenvalue weighted by Crippen LogP contribution is 2.36. The third kappa shape index (κ3) is 3.43. The third-order valence-corrected chi connectivity index (χ3v) is 5.12. The average Bonchev–Trinajstić information content (AvgIpc) is 3.00. The number of hydrogen-bond acceptors (Lipinski definition) is 6. The van der Waals surface area contributed by atoms with Gasteiger partial charge in [0.1, 0.15) is 11.8 Å². The molecule has 1 aromatic carbocycles. The second-order valence-corrected chi connectivity index (χ2v) is 6.87. The minimum Gasteiger partial charge on any atom is -0.485 e. The molecule has 0 saturated carbocycles. The number of aromatic nitrogens is 4. The van der Waals surface area contributed by atoms with Crippen LogP contribution in [0.15, 0.2) is 47.8 Å². The molecule has 1 atom stereocenters. The van der Waals surface area contributed by atoms with Gasteiger partial charge in [-0.25, -0.2) is 4.98 Å². The lowest BCUT2D eigenvalue weighted by molar-refractivity contribution is 0.0825. The molecule has 0 N–H and O–H groups in total. The van der Waals surface area contributed by atoms with E-state index in [-0.39, 0.29) is 6.10 Å². The number of benzene rings is 1. The molecule has 0 amide bonds. The van der Waals surface area contributed by atoms with Crippen LogP contribution in [-0.4, -0.2) is 26.4 Å². The summed E-state index contributed by atoms with van der Waals surface area (Å²) in [5, 5.41) is 9.87. The van der Waals surface area contributed by atoms with Gasteiger partial charge in [-0.1, -0.05) is 35.5 Å². The molecule has 6 nitrogen and oxygen atoms in total. The molecular formula is C17H15ClN4O2S. The Morgan fingerprint density at radius 2 is 2.08 bits per heavy atom. The Kier molecular flexibility index (Phi) is 4.50. The molecule has 25 heavy (non-hydrogen) atoms. The molecule has 3 aromatic rings. The molecule has 0 radical (unpaired) electrons. The topological polar surface area (TPSA) is 62.1 Å². The normalized spacial score (nSPS) is 16.0. The van der Waals surface area contributed by atoms with Crippen LogP contribution in [0.2, 0.25) is 5.15 Å². The maximum absolute atomic E-state index is 6.01. The third-order valence-electron chi connectivity index (χ3n) is 3.82. The van der Waals surface area contributed by atoms with E-state index < -0.39 is 0 Å². The SMILES string of the molecule is Cn1c(SCc2ccnc(Cl)c2)nnc1C1COc2ccccc2O1. The molecule has 1 aliphatic rings. The number of rotatable bonds is 4. The van der Waals surface area contributed by atoms with Crippen molar-refractivity contribution in [2.75, 3.05) is 6.61 Å². The molecule has 3 heterocycles. The molecule has 2 aromatic heterocycles. The van der Waals surface area contributed by atoms with Crippen molar-refractivity contribution < 1.29 is 9.47 Å². The van der Waals surface area contributed by atoms with Crippen LogP contribution in [0, 0.1) is 0 Å². The fraction of sp³-hybridized carbons (Fsp3) is 0.235. The summed E-state index contributed by atoms with van der Waals surface area (Å²) < 4.78 is 13.7. The van der Waals surface area contributed by atoms with Gasteiger partial charge in [0.25, 0.3) is 0 Å². The monoisotopic (exact) mass is 374 g/mol. The first-order chi connectivity index (χ1) is 12.2. The molecular weight excluding hydrogens is 360 g/mol. The number of pyridine rings is 1. The fourth-order valence-corrected chi connectivity index (χ4v) is 3.62. The zero-order valence-electron chi connectivity index (χ0n) is 13.4. The van der Waals surface area contributed by atoms with Gasteiger partial charge in [0.2, 0.25) is 0 Å². The zero-order valence-corrected chi connectivity index (χ0v) is 15.0. The van der Waals surface area contributed by atoms with Crippen molar-refractivity contribution in [2.45, 2.75) is 17.0 Å². The standard InChI is InChI=1S/C17H15ClN4O2S/c1-22-16(14-9-23-12-4-2-3-5-13(12)24-14)20-21-17(22)25-10-11-6-7-19-15(18)8-11/h2-8,14H,9-10H2,1H3. The van der Waals surface area contributed by atoms with E-state index >= 15 is 0 Å². The lowest BCUT2D eigenvalue weighted by atomic mass is 10.2. The van der Waals surface area contributed by atoms with E-state index in [1.165, 1.54) is 0 Å². The number of hydrogen-bond donors (Lipinski definition) is 0. The summed E-state index contributed by atoms with van der Waals surface area (Å²) in [5.41, 5.74) is 1.08. The van der Waals surface area contributed by atoms with Crippen LogP contribution in [0.4, 0.5) is 0 Å². The quantitative estimate of drug-likeness (QED) is 0.513. The summed E-state index contributed by atoms with van der Waals surface area (Å²) in [6, 6.07) is 11.4. The highest BCUT2D eigenvalue weighted by molar-refractivity contribution is 7.98. The summed E-state index contributed by atoms with van der Waals surface area (Å²) in [5.74, 6) is 2.95. The number of nitrogens with zero attached hydrogens (tertiary/aromatic N) is 4. The lowest BCUT2D eigenvalue weighted by Crippen LogP contribution is -2.24. The van der Waals surface area contributed by atoms with Crippen molar-refractivity contribution in [3.8, 4) is 11.5 Å². The Bertz CT molecular complexity index is 902. The van der Waals surface area contributed by atoms with Crippen LogP contribution in [0.5, 0.6) is 11.5 Å². The smallest absolute Gasteiger partial charge is 0.192 e. The Morgan fingerprint density at radius 1 is 1.24 bits per heavy atom. The van der Waals surface area contributed by atoms with E-state index in [2.05, 4.69) is 15.2 Å². The maximum Gasteiger partial charge on any atom is 0.192 e. The Morgan fingerprint density at radius 3 is 2.92 bits per heavy atom. The molecule has 0 bridgehead atoms.